The molecule has 1 aromatic carbocycles. The minimum absolute atomic E-state index is 0.0281. The van der Waals surface area contributed by atoms with E-state index in [1.54, 1.807) is 18.6 Å². The number of ketones is 1. The van der Waals surface area contributed by atoms with Gasteiger partial charge in [0.25, 0.3) is 0 Å². The number of aromatic nitrogens is 2. The second-order valence-corrected chi connectivity index (χ2v) is 6.09. The highest BCUT2D eigenvalue weighted by molar-refractivity contribution is 14.1. The number of rotatable bonds is 3. The van der Waals surface area contributed by atoms with Gasteiger partial charge in [-0.05, 0) is 59.3 Å². The fraction of sp³-hybridized carbons (Fsp3) is 0.125. The van der Waals surface area contributed by atoms with E-state index in [0.717, 1.165) is 14.8 Å². The summed E-state index contributed by atoms with van der Waals surface area (Å²) in [6, 6.07) is 8.78. The molecule has 5 heteroatoms. The summed E-state index contributed by atoms with van der Waals surface area (Å²) in [5, 5.41) is 0. The average Bonchev–Trinajstić information content (AvgIpc) is 2.81. The first kappa shape index (κ1) is 14.2. The molecule has 3 aromatic rings. The maximum absolute atomic E-state index is 14.1. The fourth-order valence-electron chi connectivity index (χ4n) is 2.41. The number of Topliss-reactive ketones (excluding diaryl/α,β-unsaturated/α-hetero) is 1. The molecule has 2 heterocycles. The lowest BCUT2D eigenvalue weighted by atomic mass is 10.0. The van der Waals surface area contributed by atoms with Crippen LogP contribution in [0.25, 0.3) is 5.52 Å². The van der Waals surface area contributed by atoms with Crippen molar-refractivity contribution in [1.29, 1.82) is 0 Å². The van der Waals surface area contributed by atoms with Crippen molar-refractivity contribution in [3.05, 3.63) is 69.1 Å². The zero-order valence-corrected chi connectivity index (χ0v) is 13.5. The Labute approximate surface area is 135 Å². The number of benzene rings is 1. The molecule has 0 bridgehead atoms. The van der Waals surface area contributed by atoms with Gasteiger partial charge in [0, 0.05) is 33.0 Å². The molecule has 0 saturated carbocycles. The van der Waals surface area contributed by atoms with Crippen LogP contribution >= 0.6 is 22.6 Å². The number of carbonyl (C=O) groups is 1. The first-order chi connectivity index (χ1) is 10.1. The number of nitrogens with zero attached hydrogens (tertiary/aromatic N) is 2. The highest BCUT2D eigenvalue weighted by Crippen LogP contribution is 2.22. The smallest absolute Gasteiger partial charge is 0.161 e. The number of hydrogen-bond donors (Lipinski definition) is 0. The van der Waals surface area contributed by atoms with Crippen molar-refractivity contribution in [1.82, 2.24) is 9.38 Å². The van der Waals surface area contributed by atoms with Crippen LogP contribution in [0.1, 0.15) is 28.5 Å². The van der Waals surface area contributed by atoms with Gasteiger partial charge in [0.15, 0.2) is 5.78 Å². The fourth-order valence-corrected chi connectivity index (χ4v) is 2.86. The summed E-state index contributed by atoms with van der Waals surface area (Å²) in [5.41, 5.74) is 2.84. The van der Waals surface area contributed by atoms with E-state index in [4.69, 9.17) is 0 Å². The van der Waals surface area contributed by atoms with E-state index in [-0.39, 0.29) is 11.6 Å². The van der Waals surface area contributed by atoms with Crippen LogP contribution in [0.4, 0.5) is 4.39 Å². The quantitative estimate of drug-likeness (QED) is 0.499. The van der Waals surface area contributed by atoms with E-state index in [2.05, 4.69) is 27.6 Å². The molecular formula is C16H12FIN2O. The molecule has 2 aromatic heterocycles. The molecule has 0 fully saturated rings. The third-order valence-corrected chi connectivity index (χ3v) is 4.11. The van der Waals surface area contributed by atoms with Crippen molar-refractivity contribution >= 4 is 33.9 Å². The van der Waals surface area contributed by atoms with Crippen LogP contribution in [0, 0.1) is 9.39 Å². The molecule has 3 rings (SSSR count). The molecule has 0 aliphatic heterocycles. The van der Waals surface area contributed by atoms with Gasteiger partial charge >= 0.3 is 0 Å². The predicted octanol–water partition coefficient (Wildman–Crippen LogP) is 3.87. The van der Waals surface area contributed by atoms with Crippen LogP contribution in [0.5, 0.6) is 0 Å². The summed E-state index contributed by atoms with van der Waals surface area (Å²) in [6.45, 7) is 1.52. The first-order valence-electron chi connectivity index (χ1n) is 6.45. The van der Waals surface area contributed by atoms with E-state index in [1.807, 2.05) is 22.6 Å². The van der Waals surface area contributed by atoms with Crippen molar-refractivity contribution in [2.45, 2.75) is 13.3 Å². The standard InChI is InChI=1S/C16H12FIN2O/c1-10(21)14-8-13-4-5-19-9-20(13)16(14)6-11-2-3-12(18)7-15(11)17/h2-5,7-9H,6H2,1H3. The van der Waals surface area contributed by atoms with Gasteiger partial charge in [0.2, 0.25) is 0 Å². The Morgan fingerprint density at radius 1 is 1.33 bits per heavy atom. The molecule has 0 radical (unpaired) electrons. The van der Waals surface area contributed by atoms with Crippen LogP contribution in [-0.4, -0.2) is 15.2 Å². The topological polar surface area (TPSA) is 34.4 Å². The highest BCUT2D eigenvalue weighted by atomic mass is 127. The predicted molar refractivity (Wildman–Crippen MR) is 87.1 cm³/mol. The van der Waals surface area contributed by atoms with E-state index in [9.17, 15) is 9.18 Å². The Morgan fingerprint density at radius 2 is 2.14 bits per heavy atom. The molecule has 0 aliphatic carbocycles. The van der Waals surface area contributed by atoms with E-state index in [0.29, 0.717) is 17.5 Å². The van der Waals surface area contributed by atoms with Crippen molar-refractivity contribution in [3.63, 3.8) is 0 Å². The minimum Gasteiger partial charge on any atom is -0.304 e. The van der Waals surface area contributed by atoms with Gasteiger partial charge in [0.1, 0.15) is 5.82 Å². The van der Waals surface area contributed by atoms with Gasteiger partial charge in [-0.15, -0.1) is 0 Å². The Balaban J connectivity index is 2.14. The second-order valence-electron chi connectivity index (χ2n) is 4.85. The SMILES string of the molecule is CC(=O)c1cc2ccncn2c1Cc1ccc(I)cc1F. The molecule has 106 valence electrons. The summed E-state index contributed by atoms with van der Waals surface area (Å²) in [7, 11) is 0. The lowest BCUT2D eigenvalue weighted by Gasteiger charge is -2.07. The summed E-state index contributed by atoms with van der Waals surface area (Å²) in [6.07, 6.45) is 3.69. The van der Waals surface area contributed by atoms with Crippen LogP contribution in [0.3, 0.4) is 0 Å². The monoisotopic (exact) mass is 394 g/mol. The molecule has 3 nitrogen and oxygen atoms in total. The number of hydrogen-bond acceptors (Lipinski definition) is 2. The Hall–Kier alpha value is -1.76. The zero-order valence-electron chi connectivity index (χ0n) is 11.3. The third kappa shape index (κ3) is 2.70. The van der Waals surface area contributed by atoms with Gasteiger partial charge in [0.05, 0.1) is 6.33 Å². The summed E-state index contributed by atoms with van der Waals surface area (Å²) >= 11 is 2.07. The Bertz CT molecular complexity index is 841. The lowest BCUT2D eigenvalue weighted by molar-refractivity contribution is 0.101. The number of halogens is 2. The van der Waals surface area contributed by atoms with Gasteiger partial charge in [-0.3, -0.25) is 4.79 Å². The van der Waals surface area contributed by atoms with Gasteiger partial charge in [-0.25, -0.2) is 9.37 Å². The maximum Gasteiger partial charge on any atom is 0.161 e. The molecule has 21 heavy (non-hydrogen) atoms. The van der Waals surface area contributed by atoms with Crippen molar-refractivity contribution in [2.24, 2.45) is 0 Å². The zero-order chi connectivity index (χ0) is 15.0. The van der Waals surface area contributed by atoms with Crippen molar-refractivity contribution in [3.8, 4) is 0 Å². The maximum atomic E-state index is 14.1. The van der Waals surface area contributed by atoms with Gasteiger partial charge in [-0.1, -0.05) is 6.07 Å². The van der Waals surface area contributed by atoms with Crippen LogP contribution < -0.4 is 0 Å². The van der Waals surface area contributed by atoms with E-state index in [1.165, 1.54) is 13.0 Å². The number of carbonyl (C=O) groups excluding carboxylic acids is 1. The summed E-state index contributed by atoms with van der Waals surface area (Å²) in [4.78, 5) is 15.9. The van der Waals surface area contributed by atoms with E-state index >= 15 is 0 Å². The van der Waals surface area contributed by atoms with Gasteiger partial charge < -0.3 is 4.40 Å². The summed E-state index contributed by atoms with van der Waals surface area (Å²) < 4.78 is 16.8. The lowest BCUT2D eigenvalue weighted by Crippen LogP contribution is -2.03. The van der Waals surface area contributed by atoms with Crippen molar-refractivity contribution in [2.75, 3.05) is 0 Å². The Kier molecular flexibility index (Phi) is 3.75. The van der Waals surface area contributed by atoms with Crippen LogP contribution in [0.15, 0.2) is 42.9 Å². The van der Waals surface area contributed by atoms with Crippen molar-refractivity contribution < 1.29 is 9.18 Å². The molecule has 0 saturated heterocycles. The first-order valence-corrected chi connectivity index (χ1v) is 7.53. The largest absolute Gasteiger partial charge is 0.304 e. The normalized spacial score (nSPS) is 11.0. The Morgan fingerprint density at radius 3 is 2.86 bits per heavy atom. The minimum atomic E-state index is -0.254. The summed E-state index contributed by atoms with van der Waals surface area (Å²) in [5.74, 6) is -0.283. The molecule has 0 atom stereocenters. The molecular weight excluding hydrogens is 382 g/mol. The highest BCUT2D eigenvalue weighted by Gasteiger charge is 2.15. The van der Waals surface area contributed by atoms with Gasteiger partial charge in [-0.2, -0.15) is 0 Å². The second kappa shape index (κ2) is 5.55. The molecule has 0 spiro atoms. The number of fused-ring (bicyclic) bond motifs is 1. The third-order valence-electron chi connectivity index (χ3n) is 3.44. The average molecular weight is 394 g/mol. The molecule has 0 unspecified atom stereocenters. The van der Waals surface area contributed by atoms with Crippen LogP contribution in [0.2, 0.25) is 0 Å². The van der Waals surface area contributed by atoms with E-state index < -0.39 is 0 Å². The molecule has 0 aliphatic rings. The molecule has 0 amide bonds. The molecule has 0 N–H and O–H groups in total. The van der Waals surface area contributed by atoms with Crippen LogP contribution in [-0.2, 0) is 6.42 Å².